The Hall–Kier alpha value is -2.88. The second-order valence-electron chi connectivity index (χ2n) is 4.77. The molecule has 0 spiro atoms. The lowest BCUT2D eigenvalue weighted by molar-refractivity contribution is 0.397. The van der Waals surface area contributed by atoms with Crippen LogP contribution in [0.4, 0.5) is 0 Å². The predicted octanol–water partition coefficient (Wildman–Crippen LogP) is 3.96. The van der Waals surface area contributed by atoms with Gasteiger partial charge < -0.3 is 9.47 Å². The molecule has 0 atom stereocenters. The summed E-state index contributed by atoms with van der Waals surface area (Å²) in [5.41, 5.74) is 3.62. The molecule has 22 heavy (non-hydrogen) atoms. The second-order valence-corrected chi connectivity index (χ2v) is 4.77. The van der Waals surface area contributed by atoms with Crippen LogP contribution in [0.15, 0.2) is 49.4 Å². The topological polar surface area (TPSA) is 44.2 Å². The van der Waals surface area contributed by atoms with E-state index in [-0.39, 0.29) is 0 Å². The molecule has 0 aliphatic rings. The lowest BCUT2D eigenvalue weighted by Crippen LogP contribution is -1.96. The van der Waals surface area contributed by atoms with Crippen molar-refractivity contribution in [3.8, 4) is 22.6 Å². The number of ether oxygens (including phenoxy) is 2. The van der Waals surface area contributed by atoms with Crippen molar-refractivity contribution in [2.45, 2.75) is 0 Å². The van der Waals surface area contributed by atoms with Gasteiger partial charge in [-0.3, -0.25) is 0 Å². The van der Waals surface area contributed by atoms with E-state index >= 15 is 0 Å². The maximum absolute atomic E-state index is 5.56. The summed E-state index contributed by atoms with van der Waals surface area (Å²) in [4.78, 5) is 8.48. The zero-order valence-corrected chi connectivity index (χ0v) is 12.5. The lowest BCUT2D eigenvalue weighted by Gasteiger charge is -2.15. The third-order valence-electron chi connectivity index (χ3n) is 3.57. The highest BCUT2D eigenvalue weighted by Gasteiger charge is 2.16. The van der Waals surface area contributed by atoms with E-state index in [0.29, 0.717) is 0 Å². The molecule has 4 heteroatoms. The van der Waals surface area contributed by atoms with Gasteiger partial charge in [-0.05, 0) is 17.7 Å². The van der Waals surface area contributed by atoms with Crippen molar-refractivity contribution in [2.75, 3.05) is 14.2 Å². The minimum absolute atomic E-state index is 0.723. The average molecular weight is 292 g/mol. The van der Waals surface area contributed by atoms with Crippen LogP contribution in [0, 0.1) is 0 Å². The number of hydrogen-bond acceptors (Lipinski definition) is 4. The van der Waals surface area contributed by atoms with Crippen LogP contribution in [-0.4, -0.2) is 24.2 Å². The third kappa shape index (κ3) is 2.29. The van der Waals surface area contributed by atoms with E-state index in [1.165, 1.54) is 0 Å². The van der Waals surface area contributed by atoms with E-state index in [1.54, 1.807) is 32.8 Å². The zero-order chi connectivity index (χ0) is 15.5. The first-order valence-corrected chi connectivity index (χ1v) is 6.86. The second kappa shape index (κ2) is 5.85. The fourth-order valence-corrected chi connectivity index (χ4v) is 2.53. The Morgan fingerprint density at radius 1 is 1.09 bits per heavy atom. The van der Waals surface area contributed by atoms with Gasteiger partial charge in [-0.15, -0.1) is 0 Å². The number of methoxy groups -OCH3 is 2. The molecule has 4 nitrogen and oxygen atoms in total. The number of hydrogen-bond donors (Lipinski definition) is 0. The molecule has 1 aromatic heterocycles. The van der Waals surface area contributed by atoms with Crippen molar-refractivity contribution in [3.63, 3.8) is 0 Å². The Bertz CT molecular complexity index is 813. The summed E-state index contributed by atoms with van der Waals surface area (Å²) in [5, 5.41) is 0.969. The number of benzene rings is 2. The minimum atomic E-state index is 0.723. The van der Waals surface area contributed by atoms with Gasteiger partial charge in [0.05, 0.1) is 25.3 Å². The molecule has 0 radical (unpaired) electrons. The SMILES string of the molecule is C=Cc1cc(OC)c(-c2cccc3cncnc23)c(OC)c1. The minimum Gasteiger partial charge on any atom is -0.496 e. The van der Waals surface area contributed by atoms with Gasteiger partial charge in [0.25, 0.3) is 0 Å². The van der Waals surface area contributed by atoms with E-state index < -0.39 is 0 Å². The number of rotatable bonds is 4. The van der Waals surface area contributed by atoms with Crippen molar-refractivity contribution in [1.82, 2.24) is 9.97 Å². The number of aromatic nitrogens is 2. The van der Waals surface area contributed by atoms with E-state index in [1.807, 2.05) is 30.3 Å². The monoisotopic (exact) mass is 292 g/mol. The van der Waals surface area contributed by atoms with Crippen molar-refractivity contribution in [2.24, 2.45) is 0 Å². The van der Waals surface area contributed by atoms with Gasteiger partial charge in [0, 0.05) is 17.1 Å². The summed E-state index contributed by atoms with van der Waals surface area (Å²) in [5.74, 6) is 1.45. The van der Waals surface area contributed by atoms with Crippen molar-refractivity contribution >= 4 is 17.0 Å². The van der Waals surface area contributed by atoms with Crippen molar-refractivity contribution in [3.05, 3.63) is 55.0 Å². The fraction of sp³-hybridized carbons (Fsp3) is 0.111. The smallest absolute Gasteiger partial charge is 0.131 e. The molecule has 110 valence electrons. The van der Waals surface area contributed by atoms with Gasteiger partial charge in [-0.1, -0.05) is 30.9 Å². The molecular formula is C18H16N2O2. The van der Waals surface area contributed by atoms with Crippen molar-refractivity contribution < 1.29 is 9.47 Å². The Kier molecular flexibility index (Phi) is 3.74. The quantitative estimate of drug-likeness (QED) is 0.730. The summed E-state index contributed by atoms with van der Waals surface area (Å²) >= 11 is 0. The number of fused-ring (bicyclic) bond motifs is 1. The standard InChI is InChI=1S/C18H16N2O2/c1-4-12-8-15(21-2)17(16(9-12)22-3)14-7-5-6-13-10-19-11-20-18(13)14/h4-11H,1H2,2-3H3. The van der Waals surface area contributed by atoms with Crippen LogP contribution < -0.4 is 9.47 Å². The summed E-state index contributed by atoms with van der Waals surface area (Å²) in [6.07, 6.45) is 5.10. The molecule has 0 amide bonds. The van der Waals surface area contributed by atoms with Gasteiger partial charge >= 0.3 is 0 Å². The Morgan fingerprint density at radius 3 is 2.45 bits per heavy atom. The molecule has 3 aromatic rings. The van der Waals surface area contributed by atoms with E-state index in [2.05, 4.69) is 16.5 Å². The molecule has 0 bridgehead atoms. The third-order valence-corrected chi connectivity index (χ3v) is 3.57. The van der Waals surface area contributed by atoms with Crippen LogP contribution in [0.3, 0.4) is 0 Å². The molecule has 3 rings (SSSR count). The Morgan fingerprint density at radius 2 is 1.82 bits per heavy atom. The molecule has 0 aliphatic carbocycles. The zero-order valence-electron chi connectivity index (χ0n) is 12.5. The van der Waals surface area contributed by atoms with E-state index in [0.717, 1.165) is 39.1 Å². The fourth-order valence-electron chi connectivity index (χ4n) is 2.53. The summed E-state index contributed by atoms with van der Waals surface area (Å²) in [6.45, 7) is 3.80. The highest BCUT2D eigenvalue weighted by atomic mass is 16.5. The van der Waals surface area contributed by atoms with Crippen molar-refractivity contribution in [1.29, 1.82) is 0 Å². The van der Waals surface area contributed by atoms with Crippen LogP contribution in [0.25, 0.3) is 28.1 Å². The largest absolute Gasteiger partial charge is 0.496 e. The van der Waals surface area contributed by atoms with E-state index in [4.69, 9.17) is 9.47 Å². The lowest BCUT2D eigenvalue weighted by atomic mass is 9.98. The molecule has 0 fully saturated rings. The van der Waals surface area contributed by atoms with Gasteiger partial charge in [0.1, 0.15) is 17.8 Å². The first kappa shape index (κ1) is 14.1. The van der Waals surface area contributed by atoms with Crippen LogP contribution >= 0.6 is 0 Å². The molecule has 1 heterocycles. The molecule has 0 aliphatic heterocycles. The summed E-state index contributed by atoms with van der Waals surface area (Å²) in [6, 6.07) is 9.83. The highest BCUT2D eigenvalue weighted by molar-refractivity contribution is 5.96. The first-order valence-electron chi connectivity index (χ1n) is 6.86. The maximum atomic E-state index is 5.56. The predicted molar refractivity (Wildman–Crippen MR) is 88.2 cm³/mol. The van der Waals surface area contributed by atoms with Gasteiger partial charge in [0.2, 0.25) is 0 Å². The van der Waals surface area contributed by atoms with Gasteiger partial charge in [-0.25, -0.2) is 9.97 Å². The van der Waals surface area contributed by atoms with Crippen LogP contribution in [0.2, 0.25) is 0 Å². The van der Waals surface area contributed by atoms with E-state index in [9.17, 15) is 0 Å². The average Bonchev–Trinajstić information content (AvgIpc) is 2.60. The maximum Gasteiger partial charge on any atom is 0.131 e. The molecular weight excluding hydrogens is 276 g/mol. The molecule has 0 saturated heterocycles. The molecule has 0 saturated carbocycles. The number of nitrogens with zero attached hydrogens (tertiary/aromatic N) is 2. The summed E-state index contributed by atoms with van der Waals surface area (Å²) < 4.78 is 11.1. The molecule has 2 aromatic carbocycles. The first-order chi connectivity index (χ1) is 10.8. The van der Waals surface area contributed by atoms with Crippen LogP contribution in [-0.2, 0) is 0 Å². The molecule has 0 N–H and O–H groups in total. The number of para-hydroxylation sites is 1. The van der Waals surface area contributed by atoms with Gasteiger partial charge in [0.15, 0.2) is 0 Å². The van der Waals surface area contributed by atoms with Crippen LogP contribution in [0.1, 0.15) is 5.56 Å². The normalized spacial score (nSPS) is 10.5. The van der Waals surface area contributed by atoms with Crippen LogP contribution in [0.5, 0.6) is 11.5 Å². The Balaban J connectivity index is 2.37. The van der Waals surface area contributed by atoms with Gasteiger partial charge in [-0.2, -0.15) is 0 Å². The highest BCUT2D eigenvalue weighted by Crippen LogP contribution is 2.42. The summed E-state index contributed by atoms with van der Waals surface area (Å²) in [7, 11) is 3.29. The Labute approximate surface area is 129 Å². The molecule has 0 unspecified atom stereocenters.